The molecule has 15 heavy (non-hydrogen) atoms. The van der Waals surface area contributed by atoms with E-state index < -0.39 is 0 Å². The maximum absolute atomic E-state index is 10.5. The van der Waals surface area contributed by atoms with Crippen LogP contribution in [-0.2, 0) is 4.79 Å². The lowest BCUT2D eigenvalue weighted by Crippen LogP contribution is -2.19. The molecule has 1 aromatic rings. The monoisotopic (exact) mass is 241 g/mol. The summed E-state index contributed by atoms with van der Waals surface area (Å²) < 4.78 is 0. The van der Waals surface area contributed by atoms with Gasteiger partial charge in [-0.3, -0.25) is 4.79 Å². The molecule has 0 spiro atoms. The third kappa shape index (κ3) is 4.24. The van der Waals surface area contributed by atoms with Gasteiger partial charge in [0.15, 0.2) is 0 Å². The third-order valence-corrected chi connectivity index (χ3v) is 2.13. The second kappa shape index (κ2) is 5.65. The summed E-state index contributed by atoms with van der Waals surface area (Å²) in [6, 6.07) is 5.09. The largest absolute Gasteiger partial charge is 0.345 e. The molecule has 1 rings (SSSR count). The van der Waals surface area contributed by atoms with E-state index in [1.54, 1.807) is 18.2 Å². The molecule has 0 bridgehead atoms. The standard InChI is InChI=1S/C11H9Cl2NO/c1-8(15)14-6-2-3-9-4-5-10(12)7-11(9)13/h4-5,7H,6H2,1H3,(H,14,15). The van der Waals surface area contributed by atoms with E-state index in [1.807, 2.05) is 0 Å². The number of rotatable bonds is 1. The molecule has 0 saturated heterocycles. The van der Waals surface area contributed by atoms with Crippen LogP contribution in [0.15, 0.2) is 18.2 Å². The van der Waals surface area contributed by atoms with Crippen LogP contribution in [0.2, 0.25) is 10.0 Å². The lowest BCUT2D eigenvalue weighted by atomic mass is 10.2. The summed E-state index contributed by atoms with van der Waals surface area (Å²) in [6.45, 7) is 1.76. The molecule has 0 aromatic heterocycles. The highest BCUT2D eigenvalue weighted by molar-refractivity contribution is 6.35. The summed E-state index contributed by atoms with van der Waals surface area (Å²) in [7, 11) is 0. The van der Waals surface area contributed by atoms with Gasteiger partial charge in [-0.05, 0) is 18.2 Å². The first kappa shape index (κ1) is 11.9. The molecule has 0 fully saturated rings. The lowest BCUT2D eigenvalue weighted by molar-refractivity contribution is -0.118. The number of amides is 1. The van der Waals surface area contributed by atoms with Gasteiger partial charge in [0.05, 0.1) is 11.6 Å². The van der Waals surface area contributed by atoms with Crippen molar-refractivity contribution in [2.75, 3.05) is 6.54 Å². The number of nitrogens with one attached hydrogen (secondary N) is 1. The maximum atomic E-state index is 10.5. The zero-order valence-electron chi connectivity index (χ0n) is 8.10. The van der Waals surface area contributed by atoms with E-state index in [2.05, 4.69) is 17.2 Å². The number of carbonyl (C=O) groups is 1. The Hall–Kier alpha value is -1.17. The highest BCUT2D eigenvalue weighted by Gasteiger charge is 1.96. The molecular formula is C11H9Cl2NO. The van der Waals surface area contributed by atoms with Gasteiger partial charge in [-0.2, -0.15) is 0 Å². The molecule has 78 valence electrons. The van der Waals surface area contributed by atoms with Gasteiger partial charge >= 0.3 is 0 Å². The molecule has 0 unspecified atom stereocenters. The molecule has 2 nitrogen and oxygen atoms in total. The Morgan fingerprint density at radius 3 is 2.80 bits per heavy atom. The van der Waals surface area contributed by atoms with Gasteiger partial charge < -0.3 is 5.32 Å². The third-order valence-electron chi connectivity index (χ3n) is 1.58. The van der Waals surface area contributed by atoms with Crippen molar-refractivity contribution in [3.63, 3.8) is 0 Å². The van der Waals surface area contributed by atoms with Crippen LogP contribution in [0.5, 0.6) is 0 Å². The van der Waals surface area contributed by atoms with Gasteiger partial charge in [-0.1, -0.05) is 35.0 Å². The van der Waals surface area contributed by atoms with Crippen molar-refractivity contribution in [3.05, 3.63) is 33.8 Å². The highest BCUT2D eigenvalue weighted by Crippen LogP contribution is 2.19. The number of hydrogen-bond donors (Lipinski definition) is 1. The highest BCUT2D eigenvalue weighted by atomic mass is 35.5. The molecule has 0 radical (unpaired) electrons. The lowest BCUT2D eigenvalue weighted by Gasteiger charge is -1.96. The van der Waals surface area contributed by atoms with E-state index in [1.165, 1.54) is 6.92 Å². The Bertz CT molecular complexity index is 432. The minimum absolute atomic E-state index is 0.105. The summed E-state index contributed by atoms with van der Waals surface area (Å²) in [4.78, 5) is 10.5. The van der Waals surface area contributed by atoms with Crippen molar-refractivity contribution >= 4 is 29.1 Å². The van der Waals surface area contributed by atoms with Gasteiger partial charge in [0, 0.05) is 17.5 Å². The fourth-order valence-electron chi connectivity index (χ4n) is 0.899. The summed E-state index contributed by atoms with van der Waals surface area (Å²) in [5.41, 5.74) is 0.700. The Kier molecular flexibility index (Phi) is 4.48. The second-order valence-electron chi connectivity index (χ2n) is 2.84. The van der Waals surface area contributed by atoms with Crippen molar-refractivity contribution in [3.8, 4) is 11.8 Å². The van der Waals surface area contributed by atoms with Crippen molar-refractivity contribution in [1.82, 2.24) is 5.32 Å². The Balaban J connectivity index is 2.67. The molecular weight excluding hydrogens is 233 g/mol. The van der Waals surface area contributed by atoms with E-state index in [-0.39, 0.29) is 5.91 Å². The first-order valence-corrected chi connectivity index (χ1v) is 5.03. The Morgan fingerprint density at radius 2 is 2.20 bits per heavy atom. The van der Waals surface area contributed by atoms with E-state index in [9.17, 15) is 4.79 Å². The van der Waals surface area contributed by atoms with Gasteiger partial charge in [-0.25, -0.2) is 0 Å². The molecule has 0 aliphatic carbocycles. The number of carbonyl (C=O) groups excluding carboxylic acids is 1. The van der Waals surface area contributed by atoms with Crippen LogP contribution in [0.4, 0.5) is 0 Å². The van der Waals surface area contributed by atoms with Gasteiger partial charge in [0.2, 0.25) is 5.91 Å². The Labute approximate surface area is 98.6 Å². The maximum Gasteiger partial charge on any atom is 0.217 e. The molecule has 1 amide bonds. The smallest absolute Gasteiger partial charge is 0.217 e. The SMILES string of the molecule is CC(=O)NCC#Cc1ccc(Cl)cc1Cl. The first-order chi connectivity index (χ1) is 7.09. The van der Waals surface area contributed by atoms with Crippen molar-refractivity contribution < 1.29 is 4.79 Å². The average molecular weight is 242 g/mol. The van der Waals surface area contributed by atoms with Crippen molar-refractivity contribution in [2.45, 2.75) is 6.92 Å². The van der Waals surface area contributed by atoms with Crippen LogP contribution >= 0.6 is 23.2 Å². The van der Waals surface area contributed by atoms with Crippen LogP contribution in [0.3, 0.4) is 0 Å². The zero-order chi connectivity index (χ0) is 11.3. The van der Waals surface area contributed by atoms with Gasteiger partial charge in [-0.15, -0.1) is 0 Å². The topological polar surface area (TPSA) is 29.1 Å². The van der Waals surface area contributed by atoms with E-state index in [0.29, 0.717) is 22.2 Å². The first-order valence-electron chi connectivity index (χ1n) is 4.28. The van der Waals surface area contributed by atoms with Crippen LogP contribution < -0.4 is 5.32 Å². The van der Waals surface area contributed by atoms with Crippen LogP contribution in [0, 0.1) is 11.8 Å². The number of halogens is 2. The number of benzene rings is 1. The van der Waals surface area contributed by atoms with Crippen LogP contribution in [0.25, 0.3) is 0 Å². The molecule has 0 saturated carbocycles. The quantitative estimate of drug-likeness (QED) is 0.753. The summed E-state index contributed by atoms with van der Waals surface area (Å²) in [5.74, 6) is 5.52. The molecule has 0 aliphatic heterocycles. The molecule has 1 N–H and O–H groups in total. The minimum Gasteiger partial charge on any atom is -0.345 e. The molecule has 0 heterocycles. The second-order valence-corrected chi connectivity index (χ2v) is 3.68. The van der Waals surface area contributed by atoms with E-state index in [4.69, 9.17) is 23.2 Å². The average Bonchev–Trinajstić information content (AvgIpc) is 2.14. The van der Waals surface area contributed by atoms with Crippen LogP contribution in [0.1, 0.15) is 12.5 Å². The zero-order valence-corrected chi connectivity index (χ0v) is 9.62. The summed E-state index contributed by atoms with van der Waals surface area (Å²) in [6.07, 6.45) is 0. The molecule has 4 heteroatoms. The Morgan fingerprint density at radius 1 is 1.47 bits per heavy atom. The van der Waals surface area contributed by atoms with Gasteiger partial charge in [0.25, 0.3) is 0 Å². The number of hydrogen-bond acceptors (Lipinski definition) is 1. The van der Waals surface area contributed by atoms with Crippen molar-refractivity contribution in [2.24, 2.45) is 0 Å². The predicted molar refractivity (Wildman–Crippen MR) is 62.0 cm³/mol. The minimum atomic E-state index is -0.105. The predicted octanol–water partition coefficient (Wildman–Crippen LogP) is 2.48. The summed E-state index contributed by atoms with van der Waals surface area (Å²) >= 11 is 11.6. The van der Waals surface area contributed by atoms with Crippen LogP contribution in [-0.4, -0.2) is 12.5 Å². The van der Waals surface area contributed by atoms with Gasteiger partial charge in [0.1, 0.15) is 0 Å². The molecule has 0 aliphatic rings. The van der Waals surface area contributed by atoms with E-state index in [0.717, 1.165) is 0 Å². The van der Waals surface area contributed by atoms with Crippen molar-refractivity contribution in [1.29, 1.82) is 0 Å². The molecule has 1 aromatic carbocycles. The molecule has 0 atom stereocenters. The van der Waals surface area contributed by atoms with E-state index >= 15 is 0 Å². The normalized spacial score (nSPS) is 9.00. The fourth-order valence-corrected chi connectivity index (χ4v) is 1.35. The fraction of sp³-hybridized carbons (Fsp3) is 0.182. The summed E-state index contributed by atoms with van der Waals surface area (Å²) in [5, 5.41) is 3.65.